The van der Waals surface area contributed by atoms with Gasteiger partial charge in [0.15, 0.2) is 0 Å². The summed E-state index contributed by atoms with van der Waals surface area (Å²) in [6, 6.07) is 0. The van der Waals surface area contributed by atoms with E-state index in [0.29, 0.717) is 31.8 Å². The molecular weight excluding hydrogens is 252 g/mol. The standard InChI is InChI=1S/C12H24N2O3S/c1-18(16,17)14-9-5-8-13-12(15)10-11-6-3-2-4-7-11/h11,14H,2-10H2,1H3,(H,13,15). The largest absolute Gasteiger partial charge is 0.356 e. The second-order valence-electron chi connectivity index (χ2n) is 5.08. The minimum absolute atomic E-state index is 0.0984. The molecule has 0 radical (unpaired) electrons. The van der Waals surface area contributed by atoms with E-state index in [9.17, 15) is 13.2 Å². The van der Waals surface area contributed by atoms with E-state index < -0.39 is 10.0 Å². The quantitative estimate of drug-likeness (QED) is 0.682. The molecule has 0 atom stereocenters. The van der Waals surface area contributed by atoms with Gasteiger partial charge in [-0.3, -0.25) is 4.79 Å². The third-order valence-electron chi connectivity index (χ3n) is 3.24. The summed E-state index contributed by atoms with van der Waals surface area (Å²) in [5.41, 5.74) is 0. The van der Waals surface area contributed by atoms with Crippen molar-refractivity contribution in [2.24, 2.45) is 5.92 Å². The summed E-state index contributed by atoms with van der Waals surface area (Å²) < 4.78 is 24.0. The Morgan fingerprint density at radius 1 is 1.17 bits per heavy atom. The second kappa shape index (κ2) is 7.74. The Bertz CT molecular complexity index is 348. The molecule has 2 N–H and O–H groups in total. The molecule has 1 rings (SSSR count). The van der Waals surface area contributed by atoms with Gasteiger partial charge < -0.3 is 5.32 Å². The van der Waals surface area contributed by atoms with Crippen LogP contribution in [-0.4, -0.2) is 33.7 Å². The fourth-order valence-corrected chi connectivity index (χ4v) is 2.81. The van der Waals surface area contributed by atoms with Gasteiger partial charge in [0, 0.05) is 19.5 Å². The third kappa shape index (κ3) is 7.66. The highest BCUT2D eigenvalue weighted by Gasteiger charge is 2.16. The van der Waals surface area contributed by atoms with E-state index in [1.807, 2.05) is 0 Å². The minimum Gasteiger partial charge on any atom is -0.356 e. The number of hydrogen-bond acceptors (Lipinski definition) is 3. The molecule has 0 aromatic carbocycles. The van der Waals surface area contributed by atoms with Crippen LogP contribution in [0.15, 0.2) is 0 Å². The zero-order valence-electron chi connectivity index (χ0n) is 11.1. The van der Waals surface area contributed by atoms with Crippen LogP contribution in [0.2, 0.25) is 0 Å². The molecule has 0 aromatic rings. The second-order valence-corrected chi connectivity index (χ2v) is 6.91. The van der Waals surface area contributed by atoms with E-state index in [0.717, 1.165) is 6.26 Å². The summed E-state index contributed by atoms with van der Waals surface area (Å²) in [5, 5.41) is 2.84. The van der Waals surface area contributed by atoms with Crippen molar-refractivity contribution in [3.05, 3.63) is 0 Å². The molecule has 18 heavy (non-hydrogen) atoms. The molecule has 0 aliphatic heterocycles. The van der Waals surface area contributed by atoms with Crippen molar-refractivity contribution < 1.29 is 13.2 Å². The normalized spacial score (nSPS) is 17.6. The van der Waals surface area contributed by atoms with Gasteiger partial charge in [-0.25, -0.2) is 13.1 Å². The highest BCUT2D eigenvalue weighted by atomic mass is 32.2. The van der Waals surface area contributed by atoms with Crippen molar-refractivity contribution in [1.29, 1.82) is 0 Å². The first-order chi connectivity index (χ1) is 8.47. The summed E-state index contributed by atoms with van der Waals surface area (Å²) in [6.07, 6.45) is 8.52. The molecule has 0 unspecified atom stereocenters. The molecule has 1 saturated carbocycles. The van der Waals surface area contributed by atoms with E-state index in [-0.39, 0.29) is 5.91 Å². The Kier molecular flexibility index (Phi) is 6.63. The van der Waals surface area contributed by atoms with E-state index in [1.165, 1.54) is 32.1 Å². The molecule has 5 nitrogen and oxygen atoms in total. The van der Waals surface area contributed by atoms with E-state index >= 15 is 0 Å². The highest BCUT2D eigenvalue weighted by molar-refractivity contribution is 7.88. The van der Waals surface area contributed by atoms with Crippen LogP contribution in [0.25, 0.3) is 0 Å². The number of nitrogens with one attached hydrogen (secondary N) is 2. The first-order valence-electron chi connectivity index (χ1n) is 6.69. The zero-order valence-corrected chi connectivity index (χ0v) is 11.9. The van der Waals surface area contributed by atoms with Crippen LogP contribution in [0.5, 0.6) is 0 Å². The fraction of sp³-hybridized carbons (Fsp3) is 0.917. The summed E-state index contributed by atoms with van der Waals surface area (Å²) in [7, 11) is -3.11. The van der Waals surface area contributed by atoms with Gasteiger partial charge in [0.05, 0.1) is 6.26 Å². The van der Waals surface area contributed by atoms with Gasteiger partial charge in [-0.15, -0.1) is 0 Å². The number of carbonyl (C=O) groups excluding carboxylic acids is 1. The van der Waals surface area contributed by atoms with Crippen LogP contribution in [0.4, 0.5) is 0 Å². The monoisotopic (exact) mass is 276 g/mol. The van der Waals surface area contributed by atoms with Gasteiger partial charge in [0.2, 0.25) is 15.9 Å². The molecule has 0 bridgehead atoms. The van der Waals surface area contributed by atoms with Crippen LogP contribution in [0, 0.1) is 5.92 Å². The zero-order chi connectivity index (χ0) is 13.4. The molecule has 1 aliphatic rings. The first-order valence-corrected chi connectivity index (χ1v) is 8.58. The van der Waals surface area contributed by atoms with E-state index in [1.54, 1.807) is 0 Å². The Labute approximate surface area is 110 Å². The van der Waals surface area contributed by atoms with Gasteiger partial charge in [0.25, 0.3) is 0 Å². The van der Waals surface area contributed by atoms with Gasteiger partial charge >= 0.3 is 0 Å². The first kappa shape index (κ1) is 15.4. The number of rotatable bonds is 7. The predicted octanol–water partition coefficient (Wildman–Crippen LogP) is 1.01. The number of carbonyl (C=O) groups is 1. The Morgan fingerprint density at radius 3 is 2.44 bits per heavy atom. The lowest BCUT2D eigenvalue weighted by Gasteiger charge is -2.20. The third-order valence-corrected chi connectivity index (χ3v) is 3.97. The predicted molar refractivity (Wildman–Crippen MR) is 71.7 cm³/mol. The molecule has 0 saturated heterocycles. The lowest BCUT2D eigenvalue weighted by Crippen LogP contribution is -2.30. The Morgan fingerprint density at radius 2 is 1.83 bits per heavy atom. The van der Waals surface area contributed by atoms with Crippen molar-refractivity contribution in [3.63, 3.8) is 0 Å². The fourth-order valence-electron chi connectivity index (χ4n) is 2.30. The maximum Gasteiger partial charge on any atom is 0.220 e. The van der Waals surface area contributed by atoms with Crippen molar-refractivity contribution in [2.45, 2.75) is 44.9 Å². The number of sulfonamides is 1. The minimum atomic E-state index is -3.11. The molecular formula is C12H24N2O3S. The summed E-state index contributed by atoms with van der Waals surface area (Å²) >= 11 is 0. The molecule has 106 valence electrons. The van der Waals surface area contributed by atoms with Crippen molar-refractivity contribution >= 4 is 15.9 Å². The Balaban J connectivity index is 2.03. The summed E-state index contributed by atoms with van der Waals surface area (Å²) in [6.45, 7) is 0.913. The van der Waals surface area contributed by atoms with Crippen LogP contribution >= 0.6 is 0 Å². The molecule has 0 aromatic heterocycles. The van der Waals surface area contributed by atoms with Crippen molar-refractivity contribution in [2.75, 3.05) is 19.3 Å². The molecule has 0 spiro atoms. The van der Waals surface area contributed by atoms with Crippen LogP contribution in [0.1, 0.15) is 44.9 Å². The summed E-state index contributed by atoms with van der Waals surface area (Å²) in [5.74, 6) is 0.647. The molecule has 6 heteroatoms. The van der Waals surface area contributed by atoms with Crippen molar-refractivity contribution in [3.8, 4) is 0 Å². The Hall–Kier alpha value is -0.620. The average molecular weight is 276 g/mol. The number of amides is 1. The maximum absolute atomic E-state index is 11.6. The number of hydrogen-bond donors (Lipinski definition) is 2. The maximum atomic E-state index is 11.6. The van der Waals surface area contributed by atoms with Crippen LogP contribution < -0.4 is 10.0 Å². The van der Waals surface area contributed by atoms with Gasteiger partial charge in [-0.05, 0) is 25.2 Å². The molecule has 1 fully saturated rings. The lowest BCUT2D eigenvalue weighted by molar-refractivity contribution is -0.122. The van der Waals surface area contributed by atoms with Gasteiger partial charge in [-0.2, -0.15) is 0 Å². The van der Waals surface area contributed by atoms with Crippen molar-refractivity contribution in [1.82, 2.24) is 10.0 Å². The molecule has 0 heterocycles. The van der Waals surface area contributed by atoms with E-state index in [2.05, 4.69) is 10.0 Å². The van der Waals surface area contributed by atoms with Gasteiger partial charge in [0.1, 0.15) is 0 Å². The molecule has 1 aliphatic carbocycles. The average Bonchev–Trinajstić information content (AvgIpc) is 2.28. The van der Waals surface area contributed by atoms with Crippen LogP contribution in [0.3, 0.4) is 0 Å². The topological polar surface area (TPSA) is 75.3 Å². The van der Waals surface area contributed by atoms with E-state index in [4.69, 9.17) is 0 Å². The highest BCUT2D eigenvalue weighted by Crippen LogP contribution is 2.25. The summed E-state index contributed by atoms with van der Waals surface area (Å²) in [4.78, 5) is 11.6. The SMILES string of the molecule is CS(=O)(=O)NCCCNC(=O)CC1CCCCC1. The van der Waals surface area contributed by atoms with Gasteiger partial charge in [-0.1, -0.05) is 19.3 Å². The lowest BCUT2D eigenvalue weighted by atomic mass is 9.87. The smallest absolute Gasteiger partial charge is 0.220 e. The molecule has 1 amide bonds. The van der Waals surface area contributed by atoms with Crippen LogP contribution in [-0.2, 0) is 14.8 Å².